The zero-order valence-corrected chi connectivity index (χ0v) is 13.5. The molecular weight excluding hydrogens is 268 g/mol. The first-order chi connectivity index (χ1) is 9.92. The Balaban J connectivity index is 2.07. The lowest BCUT2D eigenvalue weighted by Gasteiger charge is -2.38. The molecule has 0 saturated carbocycles. The summed E-state index contributed by atoms with van der Waals surface area (Å²) in [5, 5.41) is 9.40. The van der Waals surface area contributed by atoms with Crippen molar-refractivity contribution in [1.82, 2.24) is 9.80 Å². The van der Waals surface area contributed by atoms with Gasteiger partial charge in [0.05, 0.1) is 0 Å². The summed E-state index contributed by atoms with van der Waals surface area (Å²) in [6.07, 6.45) is 4.66. The maximum absolute atomic E-state index is 12.7. The molecule has 2 unspecified atom stereocenters. The van der Waals surface area contributed by atoms with E-state index in [1.54, 1.807) is 4.90 Å². The average molecular weight is 296 g/mol. The van der Waals surface area contributed by atoms with Crippen molar-refractivity contribution >= 4 is 12.0 Å². The number of carbonyl (C=O) groups excluding carboxylic acids is 1. The molecule has 2 aliphatic heterocycles. The van der Waals surface area contributed by atoms with Gasteiger partial charge in [0.1, 0.15) is 6.04 Å². The molecular formula is C16H28N2O3. The molecule has 2 amide bonds. The van der Waals surface area contributed by atoms with Crippen LogP contribution >= 0.6 is 0 Å². The molecule has 5 nitrogen and oxygen atoms in total. The number of carboxylic acid groups (broad SMARTS) is 1. The topological polar surface area (TPSA) is 60.9 Å². The molecule has 0 aromatic rings. The number of hydrogen-bond donors (Lipinski definition) is 1. The quantitative estimate of drug-likeness (QED) is 0.871. The van der Waals surface area contributed by atoms with Crippen molar-refractivity contribution in [2.75, 3.05) is 19.6 Å². The average Bonchev–Trinajstić information content (AvgIpc) is 2.91. The Hall–Kier alpha value is -1.26. The molecule has 2 saturated heterocycles. The van der Waals surface area contributed by atoms with E-state index in [1.165, 1.54) is 0 Å². The highest BCUT2D eigenvalue weighted by Crippen LogP contribution is 2.38. The van der Waals surface area contributed by atoms with Gasteiger partial charge in [-0.3, -0.25) is 0 Å². The molecule has 2 atom stereocenters. The molecule has 0 aromatic carbocycles. The second-order valence-corrected chi connectivity index (χ2v) is 6.84. The van der Waals surface area contributed by atoms with Gasteiger partial charge in [0.2, 0.25) is 0 Å². The summed E-state index contributed by atoms with van der Waals surface area (Å²) >= 11 is 0. The summed E-state index contributed by atoms with van der Waals surface area (Å²) in [5.74, 6) is -0.495. The van der Waals surface area contributed by atoms with Crippen LogP contribution < -0.4 is 0 Å². The fourth-order valence-corrected chi connectivity index (χ4v) is 3.71. The Morgan fingerprint density at radius 1 is 1.24 bits per heavy atom. The number of carboxylic acids is 1. The number of piperidine rings is 1. The predicted molar refractivity (Wildman–Crippen MR) is 81.1 cm³/mol. The third-order valence-corrected chi connectivity index (χ3v) is 5.60. The number of hydrogen-bond acceptors (Lipinski definition) is 2. The molecule has 5 heteroatoms. The number of aliphatic carboxylic acids is 1. The molecule has 2 rings (SSSR count). The highest BCUT2D eigenvalue weighted by atomic mass is 16.4. The van der Waals surface area contributed by atoms with Gasteiger partial charge >= 0.3 is 12.0 Å². The van der Waals surface area contributed by atoms with E-state index in [2.05, 4.69) is 20.8 Å². The van der Waals surface area contributed by atoms with E-state index in [9.17, 15) is 14.7 Å². The molecule has 1 N–H and O–H groups in total. The maximum atomic E-state index is 12.7. The van der Waals surface area contributed by atoms with Gasteiger partial charge in [-0.25, -0.2) is 9.59 Å². The van der Waals surface area contributed by atoms with Crippen LogP contribution in [0.15, 0.2) is 0 Å². The van der Waals surface area contributed by atoms with E-state index in [0.717, 1.165) is 38.8 Å². The van der Waals surface area contributed by atoms with Crippen molar-refractivity contribution in [3.8, 4) is 0 Å². The van der Waals surface area contributed by atoms with Gasteiger partial charge in [0, 0.05) is 19.6 Å². The SMILES string of the molecule is CCC1(CC)CCN(C(=O)N2CCC(C)CC2C(=O)O)C1. The van der Waals surface area contributed by atoms with Gasteiger partial charge in [-0.05, 0) is 43.4 Å². The van der Waals surface area contributed by atoms with E-state index in [1.807, 2.05) is 4.90 Å². The molecule has 2 aliphatic rings. The van der Waals surface area contributed by atoms with Crippen LogP contribution in [0.5, 0.6) is 0 Å². The monoisotopic (exact) mass is 296 g/mol. The van der Waals surface area contributed by atoms with Crippen LogP contribution in [0.3, 0.4) is 0 Å². The lowest BCUT2D eigenvalue weighted by atomic mass is 9.82. The Bertz CT molecular complexity index is 406. The van der Waals surface area contributed by atoms with Gasteiger partial charge in [0.15, 0.2) is 0 Å². The summed E-state index contributed by atoms with van der Waals surface area (Å²) in [6.45, 7) is 8.53. The minimum Gasteiger partial charge on any atom is -0.480 e. The molecule has 2 heterocycles. The van der Waals surface area contributed by atoms with Crippen LogP contribution in [0, 0.1) is 11.3 Å². The summed E-state index contributed by atoms with van der Waals surface area (Å²) in [5.41, 5.74) is 0.234. The van der Waals surface area contributed by atoms with Crippen molar-refractivity contribution < 1.29 is 14.7 Å². The molecule has 0 bridgehead atoms. The maximum Gasteiger partial charge on any atom is 0.326 e. The minimum atomic E-state index is -0.869. The van der Waals surface area contributed by atoms with Crippen LogP contribution in [-0.4, -0.2) is 52.6 Å². The molecule has 0 spiro atoms. The van der Waals surface area contributed by atoms with Crippen LogP contribution in [0.2, 0.25) is 0 Å². The van der Waals surface area contributed by atoms with Gasteiger partial charge in [-0.15, -0.1) is 0 Å². The number of amides is 2. The van der Waals surface area contributed by atoms with E-state index in [0.29, 0.717) is 18.9 Å². The standard InChI is InChI=1S/C16H28N2O3/c1-4-16(5-2)7-9-17(11-16)15(21)18-8-6-12(3)10-13(18)14(19)20/h12-13H,4-11H2,1-3H3,(H,19,20). The van der Waals surface area contributed by atoms with E-state index < -0.39 is 12.0 Å². The first kappa shape index (κ1) is 16.1. The smallest absolute Gasteiger partial charge is 0.326 e. The summed E-state index contributed by atoms with van der Waals surface area (Å²) in [4.78, 5) is 27.6. The van der Waals surface area contributed by atoms with Crippen LogP contribution in [0.1, 0.15) is 52.9 Å². The summed E-state index contributed by atoms with van der Waals surface area (Å²) in [7, 11) is 0. The van der Waals surface area contributed by atoms with E-state index >= 15 is 0 Å². The van der Waals surface area contributed by atoms with Gasteiger partial charge in [0.25, 0.3) is 0 Å². The van der Waals surface area contributed by atoms with Crippen molar-refractivity contribution in [1.29, 1.82) is 0 Å². The highest BCUT2D eigenvalue weighted by Gasteiger charge is 2.42. The molecule has 2 fully saturated rings. The first-order valence-electron chi connectivity index (χ1n) is 8.21. The minimum absolute atomic E-state index is 0.0712. The van der Waals surface area contributed by atoms with Gasteiger partial charge < -0.3 is 14.9 Å². The van der Waals surface area contributed by atoms with Crippen LogP contribution in [-0.2, 0) is 4.79 Å². The van der Waals surface area contributed by atoms with Gasteiger partial charge in [-0.1, -0.05) is 20.8 Å². The Labute approximate surface area is 127 Å². The number of carbonyl (C=O) groups is 2. The van der Waals surface area contributed by atoms with Crippen molar-refractivity contribution in [3.63, 3.8) is 0 Å². The Kier molecular flexibility index (Phi) is 4.79. The number of rotatable bonds is 3. The zero-order valence-electron chi connectivity index (χ0n) is 13.5. The number of nitrogens with zero attached hydrogens (tertiary/aromatic N) is 2. The highest BCUT2D eigenvalue weighted by molar-refractivity contribution is 5.83. The number of likely N-dealkylation sites (tertiary alicyclic amines) is 2. The van der Waals surface area contributed by atoms with E-state index in [-0.39, 0.29) is 11.4 Å². The fourth-order valence-electron chi connectivity index (χ4n) is 3.71. The van der Waals surface area contributed by atoms with Crippen LogP contribution in [0.4, 0.5) is 4.79 Å². The fraction of sp³-hybridized carbons (Fsp3) is 0.875. The zero-order chi connectivity index (χ0) is 15.6. The van der Waals surface area contributed by atoms with Crippen molar-refractivity contribution in [2.45, 2.75) is 58.9 Å². The third-order valence-electron chi connectivity index (χ3n) is 5.60. The molecule has 120 valence electrons. The summed E-state index contributed by atoms with van der Waals surface area (Å²) in [6, 6.07) is -0.724. The molecule has 0 aliphatic carbocycles. The van der Waals surface area contributed by atoms with Crippen LogP contribution in [0.25, 0.3) is 0 Å². The number of urea groups is 1. The third kappa shape index (κ3) is 3.16. The second-order valence-electron chi connectivity index (χ2n) is 6.84. The van der Waals surface area contributed by atoms with Crippen molar-refractivity contribution in [2.24, 2.45) is 11.3 Å². The Morgan fingerprint density at radius 3 is 2.43 bits per heavy atom. The van der Waals surface area contributed by atoms with E-state index in [4.69, 9.17) is 0 Å². The second kappa shape index (κ2) is 6.24. The lowest BCUT2D eigenvalue weighted by Crippen LogP contribution is -2.54. The van der Waals surface area contributed by atoms with Crippen molar-refractivity contribution in [3.05, 3.63) is 0 Å². The molecule has 0 radical (unpaired) electrons. The first-order valence-corrected chi connectivity index (χ1v) is 8.21. The molecule has 21 heavy (non-hydrogen) atoms. The predicted octanol–water partition coefficient (Wildman–Crippen LogP) is 2.80. The molecule has 0 aromatic heterocycles. The Morgan fingerprint density at radius 2 is 1.90 bits per heavy atom. The van der Waals surface area contributed by atoms with Gasteiger partial charge in [-0.2, -0.15) is 0 Å². The largest absolute Gasteiger partial charge is 0.480 e. The summed E-state index contributed by atoms with van der Waals surface area (Å²) < 4.78 is 0. The lowest BCUT2D eigenvalue weighted by molar-refractivity contribution is -0.144. The normalized spacial score (nSPS) is 28.7.